The first-order valence-corrected chi connectivity index (χ1v) is 10.6. The van der Waals surface area contributed by atoms with Gasteiger partial charge in [-0.25, -0.2) is 4.39 Å². The average molecular weight is 430 g/mol. The van der Waals surface area contributed by atoms with Crippen LogP contribution in [0.4, 0.5) is 4.39 Å². The number of carbonyl (C=O) groups excluding carboxylic acids is 1. The minimum Gasteiger partial charge on any atom is -0.379 e. The van der Waals surface area contributed by atoms with Crippen LogP contribution in [0.3, 0.4) is 0 Å². The number of piperidine rings is 1. The Balaban J connectivity index is 1.46. The van der Waals surface area contributed by atoms with Crippen LogP contribution in [-0.2, 0) is 4.74 Å². The molecule has 1 fully saturated rings. The summed E-state index contributed by atoms with van der Waals surface area (Å²) in [6, 6.07) is 11.1. The van der Waals surface area contributed by atoms with Crippen molar-refractivity contribution in [1.82, 2.24) is 15.6 Å². The second-order valence-electron chi connectivity index (χ2n) is 7.71. The number of hydrogen-bond donors (Lipinski definition) is 3. The molecule has 0 saturated carbocycles. The van der Waals surface area contributed by atoms with Crippen molar-refractivity contribution in [2.45, 2.75) is 18.9 Å². The molecule has 1 aromatic heterocycles. The zero-order chi connectivity index (χ0) is 20.9. The first-order valence-electron chi connectivity index (χ1n) is 10.2. The van der Waals surface area contributed by atoms with Crippen molar-refractivity contribution in [1.29, 1.82) is 0 Å². The Labute approximate surface area is 180 Å². The molecule has 30 heavy (non-hydrogen) atoms. The molecule has 0 spiro atoms. The van der Waals surface area contributed by atoms with Gasteiger partial charge in [0, 0.05) is 29.3 Å². The van der Waals surface area contributed by atoms with Crippen molar-refractivity contribution < 1.29 is 13.9 Å². The lowest BCUT2D eigenvalue weighted by Gasteiger charge is -2.24. The first kappa shape index (κ1) is 20.8. The van der Waals surface area contributed by atoms with E-state index >= 15 is 0 Å². The highest BCUT2D eigenvalue weighted by atomic mass is 35.5. The normalized spacial score (nSPS) is 15.9. The number of fused-ring (bicyclic) bond motifs is 1. The van der Waals surface area contributed by atoms with E-state index < -0.39 is 0 Å². The van der Waals surface area contributed by atoms with Gasteiger partial charge >= 0.3 is 0 Å². The number of hydrogen-bond acceptors (Lipinski definition) is 3. The summed E-state index contributed by atoms with van der Waals surface area (Å²) in [4.78, 5) is 16.0. The van der Waals surface area contributed by atoms with Crippen LogP contribution in [0.25, 0.3) is 10.9 Å². The average Bonchev–Trinajstić information content (AvgIpc) is 3.14. The summed E-state index contributed by atoms with van der Waals surface area (Å²) in [5.74, 6) is -0.00760. The SMILES string of the molecule is O=C(NC(COCC1CCNCC1)c1ccc(F)cc1)c1ccc2c(Cl)c[nH]c2c1. The number of nitrogens with one attached hydrogen (secondary N) is 3. The van der Waals surface area contributed by atoms with Crippen molar-refractivity contribution in [2.24, 2.45) is 5.92 Å². The highest BCUT2D eigenvalue weighted by Crippen LogP contribution is 2.24. The zero-order valence-corrected chi connectivity index (χ0v) is 17.3. The molecule has 4 rings (SSSR count). The molecule has 3 aromatic rings. The standard InChI is InChI=1S/C23H25ClFN3O2/c24-20-12-27-21-11-17(3-6-19(20)21)23(29)28-22(16-1-4-18(25)5-2-16)14-30-13-15-7-9-26-10-8-15/h1-6,11-12,15,22,26-27H,7-10,13-14H2,(H,28,29). The largest absolute Gasteiger partial charge is 0.379 e. The van der Waals surface area contributed by atoms with Gasteiger partial charge in [0.15, 0.2) is 0 Å². The molecule has 0 aliphatic carbocycles. The molecule has 1 aliphatic rings. The quantitative estimate of drug-likeness (QED) is 0.520. The monoisotopic (exact) mass is 429 g/mol. The summed E-state index contributed by atoms with van der Waals surface area (Å²) in [5, 5.41) is 7.86. The molecule has 1 atom stereocenters. The van der Waals surface area contributed by atoms with E-state index in [0.29, 0.717) is 29.7 Å². The fourth-order valence-electron chi connectivity index (χ4n) is 3.79. The van der Waals surface area contributed by atoms with Gasteiger partial charge in [0.25, 0.3) is 5.91 Å². The van der Waals surface area contributed by atoms with Gasteiger partial charge in [0.2, 0.25) is 0 Å². The third kappa shape index (κ3) is 5.01. The van der Waals surface area contributed by atoms with Crippen molar-refractivity contribution >= 4 is 28.4 Å². The number of benzene rings is 2. The molecule has 1 saturated heterocycles. The summed E-state index contributed by atoms with van der Waals surface area (Å²) >= 11 is 6.12. The number of aromatic nitrogens is 1. The summed E-state index contributed by atoms with van der Waals surface area (Å²) < 4.78 is 19.4. The van der Waals surface area contributed by atoms with Crippen molar-refractivity contribution in [2.75, 3.05) is 26.3 Å². The van der Waals surface area contributed by atoms with E-state index in [2.05, 4.69) is 15.6 Å². The van der Waals surface area contributed by atoms with Gasteiger partial charge < -0.3 is 20.4 Å². The molecule has 0 bridgehead atoms. The van der Waals surface area contributed by atoms with E-state index in [1.807, 2.05) is 6.07 Å². The topological polar surface area (TPSA) is 66.2 Å². The van der Waals surface area contributed by atoms with Gasteiger partial charge in [-0.15, -0.1) is 0 Å². The predicted molar refractivity (Wildman–Crippen MR) is 116 cm³/mol. The minimum absolute atomic E-state index is 0.220. The number of carbonyl (C=O) groups is 1. The lowest BCUT2D eigenvalue weighted by atomic mass is 9.99. The number of halogens is 2. The number of H-pyrrole nitrogens is 1. The number of ether oxygens (including phenoxy) is 1. The van der Waals surface area contributed by atoms with Crippen molar-refractivity contribution in [3.8, 4) is 0 Å². The Morgan fingerprint density at radius 2 is 1.97 bits per heavy atom. The van der Waals surface area contributed by atoms with Crippen LogP contribution in [0, 0.1) is 11.7 Å². The Morgan fingerprint density at radius 1 is 1.20 bits per heavy atom. The summed E-state index contributed by atoms with van der Waals surface area (Å²) in [5.41, 5.74) is 2.12. The van der Waals surface area contributed by atoms with Crippen LogP contribution in [0.15, 0.2) is 48.7 Å². The fraction of sp³-hybridized carbons (Fsp3) is 0.348. The highest BCUT2D eigenvalue weighted by molar-refractivity contribution is 6.35. The lowest BCUT2D eigenvalue weighted by molar-refractivity contribution is 0.0656. The third-order valence-electron chi connectivity index (χ3n) is 5.57. The second kappa shape index (κ2) is 9.60. The molecular weight excluding hydrogens is 405 g/mol. The fourth-order valence-corrected chi connectivity index (χ4v) is 4.01. The molecule has 5 nitrogen and oxygen atoms in total. The predicted octanol–water partition coefficient (Wildman–Crippen LogP) is 4.45. The number of aromatic amines is 1. The van der Waals surface area contributed by atoms with Gasteiger partial charge in [0.1, 0.15) is 5.82 Å². The molecule has 7 heteroatoms. The van der Waals surface area contributed by atoms with E-state index in [1.54, 1.807) is 30.5 Å². The van der Waals surface area contributed by atoms with Gasteiger partial charge in [-0.05, 0) is 61.7 Å². The van der Waals surface area contributed by atoms with Crippen LogP contribution >= 0.6 is 11.6 Å². The van der Waals surface area contributed by atoms with Gasteiger partial charge in [0.05, 0.1) is 17.7 Å². The molecule has 2 aromatic carbocycles. The number of rotatable bonds is 7. The molecule has 158 valence electrons. The molecule has 1 aliphatic heterocycles. The van der Waals surface area contributed by atoms with Crippen LogP contribution in [-0.4, -0.2) is 37.2 Å². The Morgan fingerprint density at radius 3 is 2.73 bits per heavy atom. The maximum Gasteiger partial charge on any atom is 0.251 e. The Kier molecular flexibility index (Phi) is 6.67. The van der Waals surface area contributed by atoms with Gasteiger partial charge in [-0.3, -0.25) is 4.79 Å². The maximum atomic E-state index is 13.4. The summed E-state index contributed by atoms with van der Waals surface area (Å²) in [6.07, 6.45) is 3.88. The minimum atomic E-state index is -0.372. The highest BCUT2D eigenvalue weighted by Gasteiger charge is 2.19. The Hall–Kier alpha value is -2.41. The van der Waals surface area contributed by atoms with Crippen LogP contribution < -0.4 is 10.6 Å². The van der Waals surface area contributed by atoms with Crippen LogP contribution in [0.1, 0.15) is 34.8 Å². The first-order chi connectivity index (χ1) is 14.6. The third-order valence-corrected chi connectivity index (χ3v) is 5.88. The van der Waals surface area contributed by atoms with E-state index in [4.69, 9.17) is 16.3 Å². The Bertz CT molecular complexity index is 999. The molecule has 1 unspecified atom stereocenters. The van der Waals surface area contributed by atoms with E-state index in [-0.39, 0.29) is 17.8 Å². The second-order valence-corrected chi connectivity index (χ2v) is 8.11. The molecular formula is C23H25ClFN3O2. The summed E-state index contributed by atoms with van der Waals surface area (Å²) in [6.45, 7) is 3.01. The smallest absolute Gasteiger partial charge is 0.251 e. The molecule has 0 radical (unpaired) electrons. The zero-order valence-electron chi connectivity index (χ0n) is 16.6. The van der Waals surface area contributed by atoms with Crippen LogP contribution in [0.5, 0.6) is 0 Å². The number of amides is 1. The summed E-state index contributed by atoms with van der Waals surface area (Å²) in [7, 11) is 0. The molecule has 3 N–H and O–H groups in total. The van der Waals surface area contributed by atoms with E-state index in [0.717, 1.165) is 42.4 Å². The maximum absolute atomic E-state index is 13.4. The van der Waals surface area contributed by atoms with Crippen molar-refractivity contribution in [3.63, 3.8) is 0 Å². The molecule has 2 heterocycles. The van der Waals surface area contributed by atoms with E-state index in [9.17, 15) is 9.18 Å². The van der Waals surface area contributed by atoms with Gasteiger partial charge in [-0.1, -0.05) is 29.8 Å². The van der Waals surface area contributed by atoms with Crippen molar-refractivity contribution in [3.05, 3.63) is 70.6 Å². The lowest BCUT2D eigenvalue weighted by Crippen LogP contribution is -2.33. The van der Waals surface area contributed by atoms with Gasteiger partial charge in [-0.2, -0.15) is 0 Å². The van der Waals surface area contributed by atoms with Crippen LogP contribution in [0.2, 0.25) is 5.02 Å². The van der Waals surface area contributed by atoms with E-state index in [1.165, 1.54) is 12.1 Å². The molecule has 1 amide bonds.